The Bertz CT molecular complexity index is 148. The number of allylic oxidation sites excluding steroid dienone is 1. The van der Waals surface area contributed by atoms with Gasteiger partial charge in [0.15, 0.2) is 0 Å². The van der Waals surface area contributed by atoms with Crippen LogP contribution >= 0.6 is 0 Å². The Morgan fingerprint density at radius 1 is 1.31 bits per heavy atom. The molecule has 0 spiro atoms. The zero-order valence-electron chi connectivity index (χ0n) is 8.75. The van der Waals surface area contributed by atoms with Crippen LogP contribution in [-0.4, -0.2) is 25.8 Å². The molecule has 0 atom stereocenters. The molecule has 2 nitrogen and oxygen atoms in total. The summed E-state index contributed by atoms with van der Waals surface area (Å²) in [7, 11) is 2.05. The molecule has 1 aliphatic carbocycles. The van der Waals surface area contributed by atoms with Crippen LogP contribution in [0.1, 0.15) is 32.6 Å². The van der Waals surface area contributed by atoms with Gasteiger partial charge in [0, 0.05) is 6.04 Å². The minimum Gasteiger partial charge on any atom is -0.374 e. The average molecular weight is 183 g/mol. The van der Waals surface area contributed by atoms with Crippen molar-refractivity contribution in [3.63, 3.8) is 0 Å². The molecule has 1 fully saturated rings. The highest BCUT2D eigenvalue weighted by Gasteiger charge is 2.19. The molecule has 0 aromatic carbocycles. The molecule has 0 aromatic rings. The van der Waals surface area contributed by atoms with Gasteiger partial charge in [0.25, 0.3) is 0 Å². The second-order valence-electron chi connectivity index (χ2n) is 3.66. The van der Waals surface area contributed by atoms with Crippen LogP contribution in [0.2, 0.25) is 0 Å². The van der Waals surface area contributed by atoms with E-state index in [0.29, 0.717) is 6.10 Å². The summed E-state index contributed by atoms with van der Waals surface area (Å²) in [4.78, 5) is 0. The third-order valence-corrected chi connectivity index (χ3v) is 2.75. The van der Waals surface area contributed by atoms with Gasteiger partial charge in [-0.2, -0.15) is 0 Å². The smallest absolute Gasteiger partial charge is 0.0651 e. The molecule has 0 bridgehead atoms. The van der Waals surface area contributed by atoms with Crippen LogP contribution in [0.15, 0.2) is 12.2 Å². The van der Waals surface area contributed by atoms with Gasteiger partial charge in [0.1, 0.15) is 0 Å². The number of hydrogen-bond donors (Lipinski definition) is 1. The fraction of sp³-hybridized carbons (Fsp3) is 0.818. The van der Waals surface area contributed by atoms with E-state index >= 15 is 0 Å². The first-order valence-electron chi connectivity index (χ1n) is 5.26. The Labute approximate surface area is 81.4 Å². The van der Waals surface area contributed by atoms with Gasteiger partial charge in [0.2, 0.25) is 0 Å². The maximum atomic E-state index is 5.70. The Morgan fingerprint density at radius 2 is 2.00 bits per heavy atom. The topological polar surface area (TPSA) is 21.3 Å². The van der Waals surface area contributed by atoms with Gasteiger partial charge in [0.05, 0.1) is 12.7 Å². The minimum absolute atomic E-state index is 0.501. The SMILES string of the molecule is C/C=C/COC1CCC(NC)CC1. The quantitative estimate of drug-likeness (QED) is 0.674. The summed E-state index contributed by atoms with van der Waals surface area (Å²) >= 11 is 0. The van der Waals surface area contributed by atoms with Crippen molar-refractivity contribution < 1.29 is 4.74 Å². The van der Waals surface area contributed by atoms with Crippen molar-refractivity contribution in [3.8, 4) is 0 Å². The van der Waals surface area contributed by atoms with Gasteiger partial charge in [-0.15, -0.1) is 0 Å². The summed E-state index contributed by atoms with van der Waals surface area (Å²) in [6.45, 7) is 2.81. The first kappa shape index (κ1) is 10.7. The largest absolute Gasteiger partial charge is 0.374 e. The first-order chi connectivity index (χ1) is 6.36. The fourth-order valence-electron chi connectivity index (χ4n) is 1.81. The zero-order valence-corrected chi connectivity index (χ0v) is 8.75. The van der Waals surface area contributed by atoms with Crippen LogP contribution in [-0.2, 0) is 4.74 Å². The van der Waals surface area contributed by atoms with Crippen molar-refractivity contribution in [1.29, 1.82) is 0 Å². The molecule has 1 saturated carbocycles. The third-order valence-electron chi connectivity index (χ3n) is 2.75. The van der Waals surface area contributed by atoms with E-state index in [1.54, 1.807) is 0 Å². The molecule has 1 aliphatic rings. The van der Waals surface area contributed by atoms with Gasteiger partial charge in [-0.25, -0.2) is 0 Å². The van der Waals surface area contributed by atoms with E-state index in [-0.39, 0.29) is 0 Å². The van der Waals surface area contributed by atoms with E-state index in [2.05, 4.69) is 11.4 Å². The van der Waals surface area contributed by atoms with Crippen molar-refractivity contribution in [3.05, 3.63) is 12.2 Å². The van der Waals surface area contributed by atoms with Crippen molar-refractivity contribution in [2.24, 2.45) is 0 Å². The average Bonchev–Trinajstić information content (AvgIpc) is 2.19. The van der Waals surface area contributed by atoms with Crippen LogP contribution < -0.4 is 5.32 Å². The van der Waals surface area contributed by atoms with Crippen LogP contribution in [0.25, 0.3) is 0 Å². The lowest BCUT2D eigenvalue weighted by Crippen LogP contribution is -2.32. The predicted octanol–water partition coefficient (Wildman–Crippen LogP) is 2.11. The van der Waals surface area contributed by atoms with E-state index in [1.165, 1.54) is 25.7 Å². The normalized spacial score (nSPS) is 29.7. The van der Waals surface area contributed by atoms with Crippen LogP contribution in [0.4, 0.5) is 0 Å². The molecule has 2 heteroatoms. The highest BCUT2D eigenvalue weighted by Crippen LogP contribution is 2.20. The van der Waals surface area contributed by atoms with Crippen molar-refractivity contribution in [2.45, 2.75) is 44.8 Å². The Morgan fingerprint density at radius 3 is 2.54 bits per heavy atom. The molecule has 0 aromatic heterocycles. The molecule has 0 aliphatic heterocycles. The van der Waals surface area contributed by atoms with E-state index in [0.717, 1.165) is 12.6 Å². The monoisotopic (exact) mass is 183 g/mol. The second-order valence-corrected chi connectivity index (χ2v) is 3.66. The summed E-state index contributed by atoms with van der Waals surface area (Å²) in [6, 6.07) is 0.724. The lowest BCUT2D eigenvalue weighted by Gasteiger charge is -2.27. The summed E-state index contributed by atoms with van der Waals surface area (Å²) < 4.78 is 5.70. The molecule has 1 N–H and O–H groups in total. The molecular weight excluding hydrogens is 162 g/mol. The number of ether oxygens (including phenoxy) is 1. The van der Waals surface area contributed by atoms with Gasteiger partial charge < -0.3 is 10.1 Å². The summed E-state index contributed by atoms with van der Waals surface area (Å²) in [5.41, 5.74) is 0. The van der Waals surface area contributed by atoms with E-state index in [1.807, 2.05) is 20.0 Å². The van der Waals surface area contributed by atoms with Gasteiger partial charge in [-0.05, 0) is 39.7 Å². The summed E-state index contributed by atoms with van der Waals surface area (Å²) in [5.74, 6) is 0. The van der Waals surface area contributed by atoms with E-state index < -0.39 is 0 Å². The Balaban J connectivity index is 2.10. The lowest BCUT2D eigenvalue weighted by molar-refractivity contribution is 0.0403. The Hall–Kier alpha value is -0.340. The zero-order chi connectivity index (χ0) is 9.52. The molecule has 76 valence electrons. The van der Waals surface area contributed by atoms with E-state index in [4.69, 9.17) is 4.74 Å². The Kier molecular flexibility index (Phi) is 5.09. The fourth-order valence-corrected chi connectivity index (χ4v) is 1.81. The van der Waals surface area contributed by atoms with Crippen LogP contribution in [0.5, 0.6) is 0 Å². The highest BCUT2D eigenvalue weighted by atomic mass is 16.5. The van der Waals surface area contributed by atoms with Crippen molar-refractivity contribution >= 4 is 0 Å². The first-order valence-corrected chi connectivity index (χ1v) is 5.26. The number of rotatable bonds is 4. The predicted molar refractivity (Wildman–Crippen MR) is 55.9 cm³/mol. The standard InChI is InChI=1S/C11H21NO/c1-3-4-9-13-11-7-5-10(12-2)6-8-11/h3-4,10-12H,5-9H2,1-2H3/b4-3+. The molecule has 0 amide bonds. The maximum Gasteiger partial charge on any atom is 0.0651 e. The second kappa shape index (κ2) is 6.17. The maximum absolute atomic E-state index is 5.70. The van der Waals surface area contributed by atoms with Gasteiger partial charge in [-0.3, -0.25) is 0 Å². The number of nitrogens with one attached hydrogen (secondary N) is 1. The van der Waals surface area contributed by atoms with Crippen LogP contribution in [0.3, 0.4) is 0 Å². The minimum atomic E-state index is 0.501. The highest BCUT2D eigenvalue weighted by molar-refractivity contribution is 4.80. The lowest BCUT2D eigenvalue weighted by atomic mass is 9.93. The third kappa shape index (κ3) is 3.92. The van der Waals surface area contributed by atoms with E-state index in [9.17, 15) is 0 Å². The van der Waals surface area contributed by atoms with Gasteiger partial charge in [-0.1, -0.05) is 12.2 Å². The molecule has 13 heavy (non-hydrogen) atoms. The van der Waals surface area contributed by atoms with Crippen molar-refractivity contribution in [1.82, 2.24) is 5.32 Å². The van der Waals surface area contributed by atoms with Crippen LogP contribution in [0, 0.1) is 0 Å². The molecule has 0 radical (unpaired) electrons. The molecule has 0 heterocycles. The summed E-state index contributed by atoms with van der Waals surface area (Å²) in [6.07, 6.45) is 9.56. The molecule has 1 rings (SSSR count). The number of hydrogen-bond acceptors (Lipinski definition) is 2. The van der Waals surface area contributed by atoms with Gasteiger partial charge >= 0.3 is 0 Å². The molecular formula is C11H21NO. The van der Waals surface area contributed by atoms with Crippen molar-refractivity contribution in [2.75, 3.05) is 13.7 Å². The molecule has 0 unspecified atom stereocenters. The molecule has 0 saturated heterocycles. The summed E-state index contributed by atoms with van der Waals surface area (Å²) in [5, 5.41) is 3.32.